The molecule has 2 N–H and O–H groups in total. The number of hydrogen-bond donors (Lipinski definition) is 2. The highest BCUT2D eigenvalue weighted by Crippen LogP contribution is 2.25. The Kier molecular flexibility index (Phi) is 10.4. The summed E-state index contributed by atoms with van der Waals surface area (Å²) in [7, 11) is 1.81. The summed E-state index contributed by atoms with van der Waals surface area (Å²) in [5.74, 6) is 1.88. The van der Waals surface area contributed by atoms with Gasteiger partial charge in [0, 0.05) is 33.1 Å². The van der Waals surface area contributed by atoms with Crippen LogP contribution in [0.5, 0.6) is 5.75 Å². The van der Waals surface area contributed by atoms with Gasteiger partial charge in [-0.05, 0) is 47.8 Å². The third-order valence-electron chi connectivity index (χ3n) is 5.47. The van der Waals surface area contributed by atoms with Gasteiger partial charge in [0.15, 0.2) is 5.96 Å². The van der Waals surface area contributed by atoms with E-state index in [0.717, 1.165) is 63.9 Å². The first-order valence-electron chi connectivity index (χ1n) is 10.7. The number of rotatable bonds is 9. The van der Waals surface area contributed by atoms with Crippen LogP contribution < -0.4 is 15.4 Å². The number of benzene rings is 2. The quantitative estimate of drug-likeness (QED) is 0.297. The molecule has 5 nitrogen and oxygen atoms in total. The summed E-state index contributed by atoms with van der Waals surface area (Å²) in [5.41, 5.74) is 5.28. The molecule has 30 heavy (non-hydrogen) atoms. The summed E-state index contributed by atoms with van der Waals surface area (Å²) in [6, 6.07) is 15.4. The normalized spacial score (nSPS) is 12.9. The molecule has 0 unspecified atom stereocenters. The van der Waals surface area contributed by atoms with Gasteiger partial charge in [0.05, 0.1) is 6.61 Å². The lowest BCUT2D eigenvalue weighted by molar-refractivity contribution is 0.296. The van der Waals surface area contributed by atoms with Gasteiger partial charge in [-0.1, -0.05) is 50.2 Å². The summed E-state index contributed by atoms with van der Waals surface area (Å²) in [5, 5.41) is 6.81. The number of halogens is 1. The molecule has 0 aliphatic carbocycles. The first kappa shape index (κ1) is 24.5. The summed E-state index contributed by atoms with van der Waals surface area (Å²) < 4.78 is 5.58. The minimum atomic E-state index is 0. The molecule has 0 bridgehead atoms. The van der Waals surface area contributed by atoms with E-state index in [2.05, 4.69) is 76.8 Å². The van der Waals surface area contributed by atoms with E-state index in [1.165, 1.54) is 22.3 Å². The first-order valence-corrected chi connectivity index (χ1v) is 10.7. The molecule has 1 aliphatic rings. The average Bonchev–Trinajstić information content (AvgIpc) is 3.23. The van der Waals surface area contributed by atoms with Crippen LogP contribution in [0.1, 0.15) is 36.1 Å². The molecule has 0 fully saturated rings. The second-order valence-corrected chi connectivity index (χ2v) is 7.42. The fourth-order valence-corrected chi connectivity index (χ4v) is 3.59. The van der Waals surface area contributed by atoms with Crippen LogP contribution in [0.15, 0.2) is 47.5 Å². The molecule has 2 aromatic carbocycles. The fourth-order valence-electron chi connectivity index (χ4n) is 3.59. The number of nitrogens with one attached hydrogen (secondary N) is 2. The van der Waals surface area contributed by atoms with Gasteiger partial charge in [-0.3, -0.25) is 9.89 Å². The summed E-state index contributed by atoms with van der Waals surface area (Å²) >= 11 is 0. The topological polar surface area (TPSA) is 48.9 Å². The zero-order valence-electron chi connectivity index (χ0n) is 18.4. The average molecular weight is 522 g/mol. The van der Waals surface area contributed by atoms with E-state index in [1.54, 1.807) is 0 Å². The highest BCUT2D eigenvalue weighted by Gasteiger charge is 2.11. The molecule has 0 aromatic heterocycles. The lowest BCUT2D eigenvalue weighted by Gasteiger charge is -2.18. The number of aliphatic imine (C=N–C) groups is 1. The van der Waals surface area contributed by atoms with Crippen LogP contribution in [-0.4, -0.2) is 44.1 Å². The molecule has 6 heteroatoms. The van der Waals surface area contributed by atoms with Crippen LogP contribution in [0.4, 0.5) is 0 Å². The Hall–Kier alpha value is -1.80. The molecular formula is C24H35IN4O. The van der Waals surface area contributed by atoms with Crippen molar-refractivity contribution < 1.29 is 4.74 Å². The Morgan fingerprint density at radius 1 is 1.00 bits per heavy atom. The predicted molar refractivity (Wildman–Crippen MR) is 136 cm³/mol. The molecule has 2 aromatic rings. The van der Waals surface area contributed by atoms with Gasteiger partial charge in [0.1, 0.15) is 5.75 Å². The zero-order valence-corrected chi connectivity index (χ0v) is 20.7. The first-order chi connectivity index (χ1) is 14.2. The van der Waals surface area contributed by atoms with Gasteiger partial charge in [0.25, 0.3) is 0 Å². The van der Waals surface area contributed by atoms with Crippen molar-refractivity contribution in [1.82, 2.24) is 15.5 Å². The van der Waals surface area contributed by atoms with E-state index in [-0.39, 0.29) is 24.0 Å². The maximum atomic E-state index is 5.58. The van der Waals surface area contributed by atoms with Gasteiger partial charge >= 0.3 is 0 Å². The van der Waals surface area contributed by atoms with Crippen molar-refractivity contribution >= 4 is 29.9 Å². The second kappa shape index (κ2) is 12.8. The van der Waals surface area contributed by atoms with Crippen LogP contribution in [0, 0.1) is 0 Å². The van der Waals surface area contributed by atoms with Gasteiger partial charge in [0.2, 0.25) is 0 Å². The van der Waals surface area contributed by atoms with E-state index in [9.17, 15) is 0 Å². The molecule has 0 atom stereocenters. The predicted octanol–water partition coefficient (Wildman–Crippen LogP) is 3.99. The smallest absolute Gasteiger partial charge is 0.191 e. The molecular weight excluding hydrogens is 487 g/mol. The molecule has 1 heterocycles. The van der Waals surface area contributed by atoms with E-state index in [1.807, 2.05) is 7.05 Å². The van der Waals surface area contributed by atoms with Crippen molar-refractivity contribution in [3.63, 3.8) is 0 Å². The molecule has 0 saturated carbocycles. The largest absolute Gasteiger partial charge is 0.493 e. The van der Waals surface area contributed by atoms with Crippen molar-refractivity contribution in [2.24, 2.45) is 4.99 Å². The van der Waals surface area contributed by atoms with Crippen LogP contribution in [0.2, 0.25) is 0 Å². The monoisotopic (exact) mass is 522 g/mol. The molecule has 164 valence electrons. The Morgan fingerprint density at radius 3 is 2.40 bits per heavy atom. The SMILES string of the molecule is CCN(CC)Cc1ccc(CNC(=NC)NCCc2ccc3c(c2)CCO3)cc1.I. The van der Waals surface area contributed by atoms with Crippen molar-refractivity contribution in [3.8, 4) is 5.75 Å². The highest BCUT2D eigenvalue weighted by atomic mass is 127. The van der Waals surface area contributed by atoms with E-state index < -0.39 is 0 Å². The lowest BCUT2D eigenvalue weighted by Crippen LogP contribution is -2.37. The number of ether oxygens (including phenoxy) is 1. The summed E-state index contributed by atoms with van der Waals surface area (Å²) in [6.45, 7) is 10.0. The number of hydrogen-bond acceptors (Lipinski definition) is 3. The van der Waals surface area contributed by atoms with Crippen LogP contribution in [0.25, 0.3) is 0 Å². The van der Waals surface area contributed by atoms with E-state index in [4.69, 9.17) is 4.74 Å². The van der Waals surface area contributed by atoms with Crippen molar-refractivity contribution in [3.05, 3.63) is 64.7 Å². The van der Waals surface area contributed by atoms with Crippen molar-refractivity contribution in [2.45, 2.75) is 39.8 Å². The van der Waals surface area contributed by atoms with Gasteiger partial charge in [-0.25, -0.2) is 0 Å². The molecule has 3 rings (SSSR count). The summed E-state index contributed by atoms with van der Waals surface area (Å²) in [6.07, 6.45) is 1.99. The number of nitrogens with zero attached hydrogens (tertiary/aromatic N) is 2. The maximum Gasteiger partial charge on any atom is 0.191 e. The third-order valence-corrected chi connectivity index (χ3v) is 5.47. The van der Waals surface area contributed by atoms with Crippen LogP contribution in [0.3, 0.4) is 0 Å². The minimum Gasteiger partial charge on any atom is -0.493 e. The zero-order chi connectivity index (χ0) is 20.5. The molecule has 1 aliphatic heterocycles. The number of guanidine groups is 1. The Labute approximate surface area is 198 Å². The van der Waals surface area contributed by atoms with Crippen molar-refractivity contribution in [2.75, 3.05) is 33.3 Å². The third kappa shape index (κ3) is 7.16. The second-order valence-electron chi connectivity index (χ2n) is 7.42. The standard InChI is InChI=1S/C24H34N4O.HI/c1-4-28(5-2)18-21-8-6-20(7-9-21)17-27-24(25-3)26-14-12-19-10-11-23-22(16-19)13-15-29-23;/h6-11,16H,4-5,12-15,17-18H2,1-3H3,(H2,25,26,27);1H. The molecule has 0 saturated heterocycles. The lowest BCUT2D eigenvalue weighted by atomic mass is 10.1. The fraction of sp³-hybridized carbons (Fsp3) is 0.458. The van der Waals surface area contributed by atoms with Crippen molar-refractivity contribution in [1.29, 1.82) is 0 Å². The van der Waals surface area contributed by atoms with Crippen LogP contribution >= 0.6 is 24.0 Å². The highest BCUT2D eigenvalue weighted by molar-refractivity contribution is 14.0. The Balaban J connectivity index is 0.00000320. The number of fused-ring (bicyclic) bond motifs is 1. The Morgan fingerprint density at radius 2 is 1.70 bits per heavy atom. The van der Waals surface area contributed by atoms with Gasteiger partial charge in [-0.2, -0.15) is 0 Å². The van der Waals surface area contributed by atoms with E-state index >= 15 is 0 Å². The molecule has 0 spiro atoms. The van der Waals surface area contributed by atoms with Crippen LogP contribution in [-0.2, 0) is 25.9 Å². The maximum absolute atomic E-state index is 5.58. The summed E-state index contributed by atoms with van der Waals surface area (Å²) in [4.78, 5) is 6.76. The Bertz CT molecular complexity index is 803. The van der Waals surface area contributed by atoms with E-state index in [0.29, 0.717) is 0 Å². The molecule has 0 amide bonds. The molecule has 0 radical (unpaired) electrons. The minimum absolute atomic E-state index is 0. The van der Waals surface area contributed by atoms with Gasteiger partial charge in [-0.15, -0.1) is 24.0 Å². The van der Waals surface area contributed by atoms with Gasteiger partial charge < -0.3 is 15.4 Å².